The van der Waals surface area contributed by atoms with Crippen LogP contribution in [0.2, 0.25) is 0 Å². The Morgan fingerprint density at radius 2 is 2.12 bits per heavy atom. The topological polar surface area (TPSA) is 77.1 Å². The van der Waals surface area contributed by atoms with Crippen LogP contribution in [0.3, 0.4) is 0 Å². The number of ether oxygens (including phenoxy) is 2. The maximum atomic E-state index is 11.2. The van der Waals surface area contributed by atoms with Gasteiger partial charge < -0.3 is 20.1 Å². The van der Waals surface area contributed by atoms with Crippen molar-refractivity contribution in [3.05, 3.63) is 48.0 Å². The van der Waals surface area contributed by atoms with Crippen LogP contribution < -0.4 is 15.4 Å². The molecule has 2 N–H and O–H groups in total. The minimum atomic E-state index is -0.399. The van der Waals surface area contributed by atoms with Gasteiger partial charge in [-0.1, -0.05) is 12.1 Å². The number of thioether (sulfide) groups is 1. The number of aliphatic imine (C=N–C) groups is 1. The van der Waals surface area contributed by atoms with Gasteiger partial charge in [0.25, 0.3) is 0 Å². The number of benzene rings is 2. The molecule has 2 aromatic carbocycles. The number of carbonyl (C=O) groups is 1. The summed E-state index contributed by atoms with van der Waals surface area (Å²) in [6.45, 7) is 0.714. The van der Waals surface area contributed by atoms with Crippen LogP contribution in [0.1, 0.15) is 11.6 Å². The lowest BCUT2D eigenvalue weighted by Crippen LogP contribution is -2.21. The van der Waals surface area contributed by atoms with Crippen LogP contribution in [-0.4, -0.2) is 31.4 Å². The fraction of sp³-hybridized carbons (Fsp3) is 0.222. The molecule has 1 unspecified atom stereocenters. The summed E-state index contributed by atoms with van der Waals surface area (Å²) in [7, 11) is 1.34. The first-order chi connectivity index (χ1) is 12.1. The molecule has 0 fully saturated rings. The summed E-state index contributed by atoms with van der Waals surface area (Å²) in [6, 6.07) is 13.8. The van der Waals surface area contributed by atoms with Crippen LogP contribution in [0.4, 0.5) is 11.4 Å². The molecule has 4 rings (SSSR count). The van der Waals surface area contributed by atoms with Crippen LogP contribution in [-0.2, 0) is 9.53 Å². The van der Waals surface area contributed by atoms with Crippen molar-refractivity contribution in [2.45, 2.75) is 10.9 Å². The van der Waals surface area contributed by atoms with Gasteiger partial charge in [-0.25, -0.2) is 4.79 Å². The Labute approximate surface area is 149 Å². The molecule has 0 aliphatic carbocycles. The number of anilines is 2. The second-order valence-electron chi connectivity index (χ2n) is 5.80. The van der Waals surface area contributed by atoms with Gasteiger partial charge in [-0.3, -0.25) is 4.99 Å². The molecule has 25 heavy (non-hydrogen) atoms. The number of nitrogens with zero attached hydrogens (tertiary/aromatic N) is 2. The third-order valence-corrected chi connectivity index (χ3v) is 5.24. The Kier molecular flexibility index (Phi) is 4.01. The number of fused-ring (bicyclic) bond motifs is 3. The highest BCUT2D eigenvalue weighted by atomic mass is 32.2. The Morgan fingerprint density at radius 3 is 2.88 bits per heavy atom. The van der Waals surface area contributed by atoms with Gasteiger partial charge in [-0.15, -0.1) is 0 Å². The SMILES string of the molecule is COC(=O)COc1ccc2c(c1)SC1=NC(c3ccc(N)cc3)CN12. The molecule has 0 spiro atoms. The largest absolute Gasteiger partial charge is 0.482 e. The average Bonchev–Trinajstić information content (AvgIpc) is 3.17. The maximum Gasteiger partial charge on any atom is 0.343 e. The van der Waals surface area contributed by atoms with Crippen molar-refractivity contribution >= 4 is 34.3 Å². The van der Waals surface area contributed by atoms with Crippen molar-refractivity contribution in [2.24, 2.45) is 4.99 Å². The van der Waals surface area contributed by atoms with Crippen molar-refractivity contribution in [2.75, 3.05) is 30.9 Å². The number of carbonyl (C=O) groups excluding carboxylic acids is 1. The quantitative estimate of drug-likeness (QED) is 0.671. The van der Waals surface area contributed by atoms with Gasteiger partial charge in [0.2, 0.25) is 0 Å². The third kappa shape index (κ3) is 3.02. The van der Waals surface area contributed by atoms with Gasteiger partial charge in [-0.05, 0) is 47.7 Å². The summed E-state index contributed by atoms with van der Waals surface area (Å²) in [5, 5.41) is 0.988. The summed E-state index contributed by atoms with van der Waals surface area (Å²) < 4.78 is 10.0. The molecule has 0 saturated carbocycles. The van der Waals surface area contributed by atoms with Gasteiger partial charge in [0, 0.05) is 10.6 Å². The molecule has 6 nitrogen and oxygen atoms in total. The predicted molar refractivity (Wildman–Crippen MR) is 98.2 cm³/mol. The van der Waals surface area contributed by atoms with Crippen molar-refractivity contribution in [1.82, 2.24) is 0 Å². The van der Waals surface area contributed by atoms with Crippen LogP contribution in [0, 0.1) is 0 Å². The van der Waals surface area contributed by atoms with E-state index in [1.165, 1.54) is 7.11 Å². The van der Waals surface area contributed by atoms with Gasteiger partial charge >= 0.3 is 5.97 Å². The van der Waals surface area contributed by atoms with E-state index >= 15 is 0 Å². The molecular formula is C18H17N3O3S. The lowest BCUT2D eigenvalue weighted by molar-refractivity contribution is -0.142. The molecule has 2 heterocycles. The minimum Gasteiger partial charge on any atom is -0.482 e. The van der Waals surface area contributed by atoms with E-state index in [0.29, 0.717) is 5.75 Å². The molecule has 7 heteroatoms. The molecule has 0 radical (unpaired) electrons. The molecule has 2 aromatic rings. The zero-order chi connectivity index (χ0) is 17.4. The van der Waals surface area contributed by atoms with E-state index in [-0.39, 0.29) is 12.6 Å². The van der Waals surface area contributed by atoms with Crippen LogP contribution in [0.5, 0.6) is 5.75 Å². The second-order valence-corrected chi connectivity index (χ2v) is 6.81. The highest BCUT2D eigenvalue weighted by Gasteiger charge is 2.34. The predicted octanol–water partition coefficient (Wildman–Crippen LogP) is 2.84. The number of rotatable bonds is 4. The van der Waals surface area contributed by atoms with E-state index < -0.39 is 5.97 Å². The standard InChI is InChI=1S/C18H17N3O3S/c1-23-17(22)10-24-13-6-7-15-16(8-13)25-18-20-14(9-21(15)18)11-2-4-12(19)5-3-11/h2-8,14H,9-10,19H2,1H3. The molecule has 2 aliphatic heterocycles. The van der Waals surface area contributed by atoms with E-state index in [4.69, 9.17) is 15.5 Å². The Bertz CT molecular complexity index is 851. The van der Waals surface area contributed by atoms with Crippen molar-refractivity contribution in [1.29, 1.82) is 0 Å². The number of hydrogen-bond acceptors (Lipinski definition) is 7. The number of esters is 1. The molecule has 0 bridgehead atoms. The fourth-order valence-corrected chi connectivity index (χ4v) is 3.98. The zero-order valence-corrected chi connectivity index (χ0v) is 14.5. The van der Waals surface area contributed by atoms with Gasteiger partial charge in [0.05, 0.1) is 25.4 Å². The number of nitrogen functional groups attached to an aromatic ring is 1. The monoisotopic (exact) mass is 355 g/mol. The van der Waals surface area contributed by atoms with E-state index in [2.05, 4.69) is 9.64 Å². The Balaban J connectivity index is 1.50. The average molecular weight is 355 g/mol. The second kappa shape index (κ2) is 6.33. The van der Waals surface area contributed by atoms with Crippen molar-refractivity contribution < 1.29 is 14.3 Å². The fourth-order valence-electron chi connectivity index (χ4n) is 2.86. The molecular weight excluding hydrogens is 338 g/mol. The third-order valence-electron chi connectivity index (χ3n) is 4.18. The summed E-state index contributed by atoms with van der Waals surface area (Å²) in [4.78, 5) is 19.3. The van der Waals surface area contributed by atoms with Crippen molar-refractivity contribution in [3.63, 3.8) is 0 Å². The Morgan fingerprint density at radius 1 is 1.32 bits per heavy atom. The number of amidine groups is 1. The highest BCUT2D eigenvalue weighted by Crippen LogP contribution is 2.46. The van der Waals surface area contributed by atoms with Gasteiger partial charge in [0.1, 0.15) is 5.75 Å². The van der Waals surface area contributed by atoms with Gasteiger partial charge in [0.15, 0.2) is 11.8 Å². The first-order valence-electron chi connectivity index (χ1n) is 7.86. The lowest BCUT2D eigenvalue weighted by atomic mass is 10.1. The maximum absolute atomic E-state index is 11.2. The van der Waals surface area contributed by atoms with Crippen LogP contribution >= 0.6 is 11.8 Å². The minimum absolute atomic E-state index is 0.0934. The number of hydrogen-bond donors (Lipinski definition) is 1. The van der Waals surface area contributed by atoms with Crippen LogP contribution in [0.15, 0.2) is 52.4 Å². The highest BCUT2D eigenvalue weighted by molar-refractivity contribution is 8.14. The van der Waals surface area contributed by atoms with Crippen LogP contribution in [0.25, 0.3) is 0 Å². The van der Waals surface area contributed by atoms with E-state index in [0.717, 1.165) is 33.5 Å². The van der Waals surface area contributed by atoms with E-state index in [1.54, 1.807) is 11.8 Å². The normalized spacial score (nSPS) is 17.7. The molecule has 0 amide bonds. The first kappa shape index (κ1) is 15.8. The molecule has 128 valence electrons. The number of nitrogens with two attached hydrogens (primary N) is 1. The summed E-state index contributed by atoms with van der Waals surface area (Å²) in [5.41, 5.74) is 8.80. The van der Waals surface area contributed by atoms with Gasteiger partial charge in [-0.2, -0.15) is 0 Å². The summed E-state index contributed by atoms with van der Waals surface area (Å²) in [5.74, 6) is 0.248. The summed E-state index contributed by atoms with van der Waals surface area (Å²) in [6.07, 6.45) is 0. The molecule has 0 aromatic heterocycles. The van der Waals surface area contributed by atoms with Crippen molar-refractivity contribution in [3.8, 4) is 5.75 Å². The number of methoxy groups -OCH3 is 1. The Hall–Kier alpha value is -2.67. The van der Waals surface area contributed by atoms with E-state index in [9.17, 15) is 4.79 Å². The lowest BCUT2D eigenvalue weighted by Gasteiger charge is -2.16. The zero-order valence-electron chi connectivity index (χ0n) is 13.6. The molecule has 2 aliphatic rings. The smallest absolute Gasteiger partial charge is 0.343 e. The van der Waals surface area contributed by atoms with E-state index in [1.807, 2.05) is 42.5 Å². The molecule has 0 saturated heterocycles. The molecule has 1 atom stereocenters. The first-order valence-corrected chi connectivity index (χ1v) is 8.68. The summed E-state index contributed by atoms with van der Waals surface area (Å²) >= 11 is 1.62.